The Labute approximate surface area is 208 Å². The van der Waals surface area contributed by atoms with Gasteiger partial charge in [-0.25, -0.2) is 4.68 Å². The third kappa shape index (κ3) is 4.44. The van der Waals surface area contributed by atoms with Crippen molar-refractivity contribution in [3.63, 3.8) is 0 Å². The van der Waals surface area contributed by atoms with Gasteiger partial charge in [-0.2, -0.15) is 14.9 Å². The summed E-state index contributed by atoms with van der Waals surface area (Å²) in [5.41, 5.74) is 4.43. The molecule has 0 atom stereocenters. The molecule has 2 aromatic heterocycles. The molecule has 1 aliphatic heterocycles. The highest BCUT2D eigenvalue weighted by molar-refractivity contribution is 6.33. The summed E-state index contributed by atoms with van der Waals surface area (Å²) in [4.78, 5) is 29.7. The Balaban J connectivity index is 1.26. The van der Waals surface area contributed by atoms with Gasteiger partial charge in [0.15, 0.2) is 0 Å². The van der Waals surface area contributed by atoms with Crippen LogP contribution in [-0.4, -0.2) is 56.5 Å². The lowest BCUT2D eigenvalue weighted by Crippen LogP contribution is -2.49. The first kappa shape index (κ1) is 22.9. The monoisotopic (exact) mass is 488 g/mol. The Kier molecular flexibility index (Phi) is 6.13. The number of carbonyl (C=O) groups excluding carboxylic acids is 1. The molecule has 0 spiro atoms. The van der Waals surface area contributed by atoms with Gasteiger partial charge in [-0.05, 0) is 56.3 Å². The fourth-order valence-electron chi connectivity index (χ4n) is 4.37. The van der Waals surface area contributed by atoms with Gasteiger partial charge in [-0.15, -0.1) is 0 Å². The molecule has 178 valence electrons. The second-order valence-electron chi connectivity index (χ2n) is 8.56. The average Bonchev–Trinajstić information content (AvgIpc) is 3.23. The molecular weight excluding hydrogens is 464 g/mol. The van der Waals surface area contributed by atoms with Crippen LogP contribution in [0.1, 0.15) is 21.7 Å². The van der Waals surface area contributed by atoms with Crippen molar-refractivity contribution in [1.82, 2.24) is 24.5 Å². The molecule has 1 amide bonds. The van der Waals surface area contributed by atoms with E-state index in [4.69, 9.17) is 11.6 Å². The predicted molar refractivity (Wildman–Crippen MR) is 136 cm³/mol. The molecule has 1 fully saturated rings. The molecule has 3 heterocycles. The van der Waals surface area contributed by atoms with Crippen molar-refractivity contribution < 1.29 is 4.79 Å². The number of piperazine rings is 1. The van der Waals surface area contributed by atoms with Crippen molar-refractivity contribution in [2.45, 2.75) is 13.8 Å². The Hall–Kier alpha value is -3.91. The first-order chi connectivity index (χ1) is 16.9. The van der Waals surface area contributed by atoms with Crippen LogP contribution in [0.3, 0.4) is 0 Å². The van der Waals surface area contributed by atoms with Crippen LogP contribution >= 0.6 is 11.6 Å². The predicted octanol–water partition coefficient (Wildman–Crippen LogP) is 3.65. The molecule has 1 aliphatic rings. The number of para-hydroxylation sites is 1. The van der Waals surface area contributed by atoms with Crippen molar-refractivity contribution in [2.75, 3.05) is 31.1 Å². The molecule has 35 heavy (non-hydrogen) atoms. The molecule has 2 aromatic carbocycles. The number of aryl methyl sites for hydroxylation is 2. The first-order valence-electron chi connectivity index (χ1n) is 11.4. The number of halogens is 1. The zero-order chi connectivity index (χ0) is 24.5. The maximum atomic E-state index is 13.1. The number of carbonyl (C=O) groups is 1. The lowest BCUT2D eigenvalue weighted by Gasteiger charge is -2.36. The number of hydrogen-bond donors (Lipinski definition) is 0. The molecule has 0 bridgehead atoms. The average molecular weight is 489 g/mol. The molecule has 8 nitrogen and oxygen atoms in total. The van der Waals surface area contributed by atoms with Gasteiger partial charge in [0.25, 0.3) is 11.5 Å². The summed E-state index contributed by atoms with van der Waals surface area (Å²) >= 11 is 6.45. The third-order valence-electron chi connectivity index (χ3n) is 6.18. The highest BCUT2D eigenvalue weighted by Gasteiger charge is 2.25. The van der Waals surface area contributed by atoms with Crippen LogP contribution in [0.5, 0.6) is 0 Å². The van der Waals surface area contributed by atoms with Crippen LogP contribution in [0.15, 0.2) is 71.7 Å². The number of nitrogens with zero attached hydrogens (tertiary/aromatic N) is 6. The van der Waals surface area contributed by atoms with Gasteiger partial charge in [0.1, 0.15) is 5.02 Å². The van der Waals surface area contributed by atoms with Crippen molar-refractivity contribution in [3.05, 3.63) is 99.2 Å². The SMILES string of the molecule is Cc1cc(C)n(-c2ccc(C(=O)N3CCN(c4cnn(-c5ccccc5)c(=O)c4Cl)CC3)cc2)n1. The fourth-order valence-corrected chi connectivity index (χ4v) is 4.61. The molecule has 0 radical (unpaired) electrons. The lowest BCUT2D eigenvalue weighted by molar-refractivity contribution is 0.0747. The zero-order valence-corrected chi connectivity index (χ0v) is 20.3. The molecule has 4 aromatic rings. The van der Waals surface area contributed by atoms with Gasteiger partial charge in [-0.3, -0.25) is 9.59 Å². The van der Waals surface area contributed by atoms with Gasteiger partial charge in [-0.1, -0.05) is 29.8 Å². The second kappa shape index (κ2) is 9.38. The Bertz CT molecular complexity index is 1420. The second-order valence-corrected chi connectivity index (χ2v) is 8.94. The molecule has 0 aliphatic carbocycles. The van der Waals surface area contributed by atoms with Gasteiger partial charge < -0.3 is 9.80 Å². The smallest absolute Gasteiger partial charge is 0.292 e. The topological polar surface area (TPSA) is 76.3 Å². The van der Waals surface area contributed by atoms with Crippen molar-refractivity contribution >= 4 is 23.2 Å². The van der Waals surface area contributed by atoms with E-state index < -0.39 is 0 Å². The minimum Gasteiger partial charge on any atom is -0.365 e. The number of aromatic nitrogens is 4. The van der Waals surface area contributed by atoms with Crippen LogP contribution < -0.4 is 10.5 Å². The van der Waals surface area contributed by atoms with E-state index in [9.17, 15) is 9.59 Å². The Morgan fingerprint density at radius 3 is 2.17 bits per heavy atom. The summed E-state index contributed by atoms with van der Waals surface area (Å²) in [6.07, 6.45) is 1.62. The van der Waals surface area contributed by atoms with Gasteiger partial charge >= 0.3 is 0 Å². The fraction of sp³-hybridized carbons (Fsp3) is 0.231. The number of anilines is 1. The van der Waals surface area contributed by atoms with E-state index in [2.05, 4.69) is 10.2 Å². The van der Waals surface area contributed by atoms with Crippen molar-refractivity contribution in [2.24, 2.45) is 0 Å². The van der Waals surface area contributed by atoms with Crippen LogP contribution in [-0.2, 0) is 0 Å². The molecule has 9 heteroatoms. The normalized spacial score (nSPS) is 13.8. The minimum absolute atomic E-state index is 0.0201. The van der Waals surface area contributed by atoms with Gasteiger partial charge in [0.05, 0.1) is 29.0 Å². The van der Waals surface area contributed by atoms with E-state index in [1.165, 1.54) is 4.68 Å². The Morgan fingerprint density at radius 2 is 1.54 bits per heavy atom. The summed E-state index contributed by atoms with van der Waals surface area (Å²) in [6.45, 7) is 6.13. The van der Waals surface area contributed by atoms with E-state index in [0.29, 0.717) is 43.1 Å². The standard InChI is InChI=1S/C26H25ClN6O2/c1-18-16-19(2)32(29-18)22-10-8-20(9-11-22)25(34)31-14-12-30(13-15-31)23-17-28-33(26(35)24(23)27)21-6-4-3-5-7-21/h3-11,16-17H,12-15H2,1-2H3. The number of amides is 1. The molecule has 1 saturated heterocycles. The van der Waals surface area contributed by atoms with Crippen molar-refractivity contribution in [1.29, 1.82) is 0 Å². The number of benzene rings is 2. The first-order valence-corrected chi connectivity index (χ1v) is 11.8. The highest BCUT2D eigenvalue weighted by atomic mass is 35.5. The van der Waals surface area contributed by atoms with E-state index in [1.807, 2.05) is 76.9 Å². The summed E-state index contributed by atoms with van der Waals surface area (Å²) < 4.78 is 3.16. The molecule has 0 saturated carbocycles. The van der Waals surface area contributed by atoms with Crippen molar-refractivity contribution in [3.8, 4) is 11.4 Å². The summed E-state index contributed by atoms with van der Waals surface area (Å²) in [5, 5.41) is 8.94. The van der Waals surface area contributed by atoms with Crippen LogP contribution in [0, 0.1) is 13.8 Å². The molecule has 0 unspecified atom stereocenters. The van der Waals surface area contributed by atoms with E-state index in [-0.39, 0.29) is 16.5 Å². The lowest BCUT2D eigenvalue weighted by atomic mass is 10.1. The number of hydrogen-bond acceptors (Lipinski definition) is 5. The molecular formula is C26H25ClN6O2. The quantitative estimate of drug-likeness (QED) is 0.438. The van der Waals surface area contributed by atoms with Gasteiger partial charge in [0, 0.05) is 37.4 Å². The summed E-state index contributed by atoms with van der Waals surface area (Å²) in [6, 6.07) is 18.7. The van der Waals surface area contributed by atoms with Crippen LogP contribution in [0.2, 0.25) is 5.02 Å². The summed E-state index contributed by atoms with van der Waals surface area (Å²) in [7, 11) is 0. The largest absolute Gasteiger partial charge is 0.365 e. The highest BCUT2D eigenvalue weighted by Crippen LogP contribution is 2.24. The molecule has 5 rings (SSSR count). The maximum Gasteiger partial charge on any atom is 0.292 e. The zero-order valence-electron chi connectivity index (χ0n) is 19.6. The summed E-state index contributed by atoms with van der Waals surface area (Å²) in [5.74, 6) is -0.0201. The van der Waals surface area contributed by atoms with Gasteiger partial charge in [0.2, 0.25) is 0 Å². The molecule has 0 N–H and O–H groups in total. The van der Waals surface area contributed by atoms with E-state index in [1.54, 1.807) is 18.3 Å². The maximum absolute atomic E-state index is 13.1. The van der Waals surface area contributed by atoms with E-state index >= 15 is 0 Å². The van der Waals surface area contributed by atoms with E-state index in [0.717, 1.165) is 17.1 Å². The van der Waals surface area contributed by atoms with Crippen LogP contribution in [0.25, 0.3) is 11.4 Å². The number of rotatable bonds is 4. The van der Waals surface area contributed by atoms with Crippen LogP contribution in [0.4, 0.5) is 5.69 Å². The Morgan fingerprint density at radius 1 is 0.886 bits per heavy atom. The minimum atomic E-state index is -0.364. The third-order valence-corrected chi connectivity index (χ3v) is 6.53.